The van der Waals surface area contributed by atoms with E-state index in [0.717, 1.165) is 6.42 Å². The minimum Gasteiger partial charge on any atom is -0.295 e. The summed E-state index contributed by atoms with van der Waals surface area (Å²) in [5, 5.41) is 0. The Labute approximate surface area is 122 Å². The van der Waals surface area contributed by atoms with Gasteiger partial charge in [0.2, 0.25) is 11.8 Å². The molecule has 4 heteroatoms. The fourth-order valence-electron chi connectivity index (χ4n) is 4.00. The molecule has 2 bridgehead atoms. The number of anilines is 1. The van der Waals surface area contributed by atoms with Crippen molar-refractivity contribution in [1.82, 2.24) is 0 Å². The van der Waals surface area contributed by atoms with Crippen LogP contribution in [0.5, 0.6) is 0 Å². The number of carbonyl (C=O) groups is 3. The van der Waals surface area contributed by atoms with Crippen LogP contribution in [-0.4, -0.2) is 17.6 Å². The highest BCUT2D eigenvalue weighted by Crippen LogP contribution is 2.53. The highest BCUT2D eigenvalue weighted by atomic mass is 16.2. The van der Waals surface area contributed by atoms with E-state index in [2.05, 4.69) is 12.2 Å². The van der Waals surface area contributed by atoms with Crippen LogP contribution < -0.4 is 4.90 Å². The molecule has 4 rings (SSSR count). The number of ketones is 1. The molecule has 0 radical (unpaired) electrons. The van der Waals surface area contributed by atoms with E-state index in [1.807, 2.05) is 0 Å². The first-order valence-corrected chi connectivity index (χ1v) is 7.25. The van der Waals surface area contributed by atoms with Crippen LogP contribution in [0.1, 0.15) is 23.7 Å². The summed E-state index contributed by atoms with van der Waals surface area (Å²) in [4.78, 5) is 37.8. The number of nitrogens with zero attached hydrogens (tertiary/aromatic N) is 1. The van der Waals surface area contributed by atoms with Crippen molar-refractivity contribution < 1.29 is 14.4 Å². The van der Waals surface area contributed by atoms with Crippen molar-refractivity contribution in [2.75, 3.05) is 4.90 Å². The van der Waals surface area contributed by atoms with Gasteiger partial charge in [0.25, 0.3) is 0 Å². The number of amides is 2. The summed E-state index contributed by atoms with van der Waals surface area (Å²) >= 11 is 0. The van der Waals surface area contributed by atoms with Crippen molar-refractivity contribution in [3.05, 3.63) is 42.0 Å². The largest absolute Gasteiger partial charge is 0.295 e. The van der Waals surface area contributed by atoms with E-state index in [0.29, 0.717) is 11.3 Å². The van der Waals surface area contributed by atoms with Crippen LogP contribution >= 0.6 is 0 Å². The lowest BCUT2D eigenvalue weighted by Crippen LogP contribution is -2.32. The molecule has 0 N–H and O–H groups in total. The van der Waals surface area contributed by atoms with Gasteiger partial charge in [0.1, 0.15) is 0 Å². The number of Topliss-reactive ketones (excluding diaryl/α,β-unsaturated/α-hetero) is 1. The van der Waals surface area contributed by atoms with Gasteiger partial charge in [0, 0.05) is 5.56 Å². The van der Waals surface area contributed by atoms with Gasteiger partial charge in [-0.25, -0.2) is 0 Å². The van der Waals surface area contributed by atoms with Gasteiger partial charge in [-0.15, -0.1) is 0 Å². The topological polar surface area (TPSA) is 54.5 Å². The maximum Gasteiger partial charge on any atom is 0.238 e. The van der Waals surface area contributed by atoms with Crippen molar-refractivity contribution in [3.8, 4) is 0 Å². The predicted molar refractivity (Wildman–Crippen MR) is 76.7 cm³/mol. The van der Waals surface area contributed by atoms with E-state index in [4.69, 9.17) is 0 Å². The van der Waals surface area contributed by atoms with E-state index < -0.39 is 0 Å². The summed E-state index contributed by atoms with van der Waals surface area (Å²) in [7, 11) is 0. The minimum atomic E-state index is -0.181. The highest BCUT2D eigenvalue weighted by molar-refractivity contribution is 6.22. The molecule has 2 aliphatic carbocycles. The average Bonchev–Trinajstić information content (AvgIpc) is 3.13. The number of hydrogen-bond donors (Lipinski definition) is 0. The van der Waals surface area contributed by atoms with E-state index >= 15 is 0 Å². The van der Waals surface area contributed by atoms with Crippen LogP contribution in [0.4, 0.5) is 5.69 Å². The Morgan fingerprint density at radius 3 is 2.00 bits per heavy atom. The fraction of sp³-hybridized carbons (Fsp3) is 0.353. The molecule has 1 aromatic rings. The van der Waals surface area contributed by atoms with Crippen molar-refractivity contribution in [2.24, 2.45) is 23.7 Å². The summed E-state index contributed by atoms with van der Waals surface area (Å²) in [6, 6.07) is 6.70. The second-order valence-corrected chi connectivity index (χ2v) is 6.11. The zero-order valence-corrected chi connectivity index (χ0v) is 11.7. The Hall–Kier alpha value is -2.23. The van der Waals surface area contributed by atoms with E-state index in [9.17, 15) is 14.4 Å². The molecule has 1 aromatic carbocycles. The molecule has 4 nitrogen and oxygen atoms in total. The average molecular weight is 281 g/mol. The van der Waals surface area contributed by atoms with E-state index in [1.165, 1.54) is 11.8 Å². The van der Waals surface area contributed by atoms with Gasteiger partial charge in [-0.1, -0.05) is 12.2 Å². The number of hydrogen-bond acceptors (Lipinski definition) is 3. The maximum absolute atomic E-state index is 12.6. The lowest BCUT2D eigenvalue weighted by molar-refractivity contribution is -0.123. The van der Waals surface area contributed by atoms with Crippen LogP contribution in [-0.2, 0) is 9.59 Å². The zero-order valence-electron chi connectivity index (χ0n) is 11.7. The molecule has 4 atom stereocenters. The van der Waals surface area contributed by atoms with E-state index in [-0.39, 0.29) is 41.3 Å². The molecule has 2 amide bonds. The summed E-state index contributed by atoms with van der Waals surface area (Å²) < 4.78 is 0. The van der Waals surface area contributed by atoms with Gasteiger partial charge in [0.15, 0.2) is 5.78 Å². The molecule has 1 saturated heterocycles. The molecule has 1 heterocycles. The van der Waals surface area contributed by atoms with Crippen molar-refractivity contribution in [3.63, 3.8) is 0 Å². The second kappa shape index (κ2) is 4.13. The number of imide groups is 1. The number of allylic oxidation sites excluding steroid dienone is 2. The number of benzene rings is 1. The molecular weight excluding hydrogens is 266 g/mol. The first-order valence-electron chi connectivity index (χ1n) is 7.25. The van der Waals surface area contributed by atoms with Crippen LogP contribution in [0.2, 0.25) is 0 Å². The summed E-state index contributed by atoms with van der Waals surface area (Å²) in [6.45, 7) is 1.49. The monoisotopic (exact) mass is 281 g/mol. The lowest BCUT2D eigenvalue weighted by atomic mass is 9.85. The number of fused-ring (bicyclic) bond motifs is 5. The smallest absolute Gasteiger partial charge is 0.238 e. The Morgan fingerprint density at radius 1 is 1.00 bits per heavy atom. The Balaban J connectivity index is 1.69. The second-order valence-electron chi connectivity index (χ2n) is 6.11. The zero-order chi connectivity index (χ0) is 14.7. The molecule has 0 spiro atoms. The Kier molecular flexibility index (Phi) is 2.46. The molecule has 106 valence electrons. The summed E-state index contributed by atoms with van der Waals surface area (Å²) in [6.07, 6.45) is 5.10. The fourth-order valence-corrected chi connectivity index (χ4v) is 4.00. The first-order chi connectivity index (χ1) is 10.1. The molecule has 21 heavy (non-hydrogen) atoms. The summed E-state index contributed by atoms with van der Waals surface area (Å²) in [5.74, 6) is -0.120. The molecule has 1 saturated carbocycles. The van der Waals surface area contributed by atoms with E-state index in [1.54, 1.807) is 24.3 Å². The quantitative estimate of drug-likeness (QED) is 0.474. The standard InChI is InChI=1S/C17H15NO3/c1-9(19)10-4-6-13(7-5-10)18-16(20)14-11-2-3-12(8-11)15(14)17(18)21/h2-7,11-12,14-15H,8H2,1H3/t11-,12-,14-,15+/m0/s1. The molecular formula is C17H15NO3. The van der Waals surface area contributed by atoms with Gasteiger partial charge in [0.05, 0.1) is 17.5 Å². The first kappa shape index (κ1) is 12.5. The van der Waals surface area contributed by atoms with Crippen LogP contribution in [0.3, 0.4) is 0 Å². The van der Waals surface area contributed by atoms with Crippen molar-refractivity contribution >= 4 is 23.3 Å². The van der Waals surface area contributed by atoms with Crippen LogP contribution in [0, 0.1) is 23.7 Å². The summed E-state index contributed by atoms with van der Waals surface area (Å²) in [5.41, 5.74) is 1.16. The molecule has 0 aromatic heterocycles. The van der Waals surface area contributed by atoms with Crippen LogP contribution in [0.25, 0.3) is 0 Å². The SMILES string of the molecule is CC(=O)c1ccc(N2C(=O)[C@@H]3[C@H](C2=O)[C@H]2C=C[C@H]3C2)cc1. The normalized spacial score (nSPS) is 32.9. The maximum atomic E-state index is 12.6. The molecule has 1 aliphatic heterocycles. The number of carbonyl (C=O) groups excluding carboxylic acids is 3. The van der Waals surface area contributed by atoms with Gasteiger partial charge >= 0.3 is 0 Å². The van der Waals surface area contributed by atoms with Gasteiger partial charge in [-0.05, 0) is 49.4 Å². The third kappa shape index (κ3) is 1.59. The van der Waals surface area contributed by atoms with Gasteiger partial charge in [-0.2, -0.15) is 0 Å². The van der Waals surface area contributed by atoms with Gasteiger partial charge in [-0.3, -0.25) is 19.3 Å². The Morgan fingerprint density at radius 2 is 1.52 bits per heavy atom. The third-order valence-electron chi connectivity index (χ3n) is 5.00. The highest BCUT2D eigenvalue weighted by Gasteiger charge is 2.59. The predicted octanol–water partition coefficient (Wildman–Crippen LogP) is 2.20. The number of rotatable bonds is 2. The van der Waals surface area contributed by atoms with Crippen molar-refractivity contribution in [2.45, 2.75) is 13.3 Å². The lowest BCUT2D eigenvalue weighted by Gasteiger charge is -2.17. The minimum absolute atomic E-state index is 0.0280. The third-order valence-corrected chi connectivity index (χ3v) is 5.00. The van der Waals surface area contributed by atoms with Gasteiger partial charge < -0.3 is 0 Å². The van der Waals surface area contributed by atoms with Crippen LogP contribution in [0.15, 0.2) is 36.4 Å². The molecule has 2 fully saturated rings. The van der Waals surface area contributed by atoms with Crippen molar-refractivity contribution in [1.29, 1.82) is 0 Å². The Bertz CT molecular complexity index is 658. The molecule has 3 aliphatic rings. The molecule has 0 unspecified atom stereocenters.